The molecule has 4 aromatic rings. The number of fused-ring (bicyclic) bond motifs is 1. The quantitative estimate of drug-likeness (QED) is 0.256. The number of methoxy groups -OCH3 is 1. The minimum absolute atomic E-state index is 0.0181. The zero-order valence-electron chi connectivity index (χ0n) is 23.6. The number of amides is 1. The van der Waals surface area contributed by atoms with Gasteiger partial charge in [-0.05, 0) is 51.0 Å². The Hall–Kier alpha value is -4.28. The third kappa shape index (κ3) is 5.35. The Morgan fingerprint density at radius 3 is 2.69 bits per heavy atom. The summed E-state index contributed by atoms with van der Waals surface area (Å²) >= 11 is 1.21. The van der Waals surface area contributed by atoms with Crippen LogP contribution in [0, 0.1) is 24.1 Å². The molecule has 1 saturated heterocycles. The molecule has 1 aromatic carbocycles. The summed E-state index contributed by atoms with van der Waals surface area (Å²) in [6, 6.07) is 6.71. The van der Waals surface area contributed by atoms with Gasteiger partial charge in [-0.25, -0.2) is 18.4 Å². The van der Waals surface area contributed by atoms with Crippen molar-refractivity contribution in [2.75, 3.05) is 26.8 Å². The van der Waals surface area contributed by atoms with Crippen molar-refractivity contribution >= 4 is 27.5 Å². The van der Waals surface area contributed by atoms with E-state index in [9.17, 15) is 18.8 Å². The van der Waals surface area contributed by atoms with Gasteiger partial charge in [-0.15, -0.1) is 0 Å². The van der Waals surface area contributed by atoms with E-state index in [4.69, 9.17) is 14.7 Å². The molecule has 5 rings (SSSR count). The summed E-state index contributed by atoms with van der Waals surface area (Å²) in [5.41, 5.74) is -0.305. The summed E-state index contributed by atoms with van der Waals surface area (Å²) in [5, 5.41) is 14.3. The Labute approximate surface area is 244 Å². The van der Waals surface area contributed by atoms with Gasteiger partial charge >= 0.3 is 5.69 Å². The summed E-state index contributed by atoms with van der Waals surface area (Å²) in [6.07, 6.45) is 4.23. The molecule has 4 heterocycles. The highest BCUT2D eigenvalue weighted by molar-refractivity contribution is 7.21. The van der Waals surface area contributed by atoms with Crippen molar-refractivity contribution in [2.45, 2.75) is 51.8 Å². The smallest absolute Gasteiger partial charge is 0.332 e. The number of rotatable bonds is 10. The van der Waals surface area contributed by atoms with Crippen molar-refractivity contribution in [3.05, 3.63) is 74.4 Å². The number of nitrogens with zero attached hydrogens (tertiary/aromatic N) is 6. The van der Waals surface area contributed by atoms with Crippen LogP contribution in [0.5, 0.6) is 5.75 Å². The lowest BCUT2D eigenvalue weighted by Gasteiger charge is -2.24. The number of hydrogen-bond acceptors (Lipinski definition) is 8. The predicted octanol–water partition coefficient (Wildman–Crippen LogP) is 3.72. The number of aryl methyl sites for hydroxylation is 1. The number of halogens is 1. The van der Waals surface area contributed by atoms with E-state index in [0.29, 0.717) is 39.8 Å². The SMILES string of the molecule is COc1ccc(F)cc1[C@H](Cn1c(=O)n([C@H](C)C(=O)N2CCCC2)c(=O)c2c(C)c(-n3cccn3)sc21)OCCC#N. The highest BCUT2D eigenvalue weighted by Gasteiger charge is 2.31. The number of carbonyl (C=O) groups is 1. The molecule has 2 atom stereocenters. The molecule has 0 radical (unpaired) electrons. The van der Waals surface area contributed by atoms with Crippen LogP contribution in [0.15, 0.2) is 46.2 Å². The molecule has 220 valence electrons. The van der Waals surface area contributed by atoms with Gasteiger partial charge in [0.25, 0.3) is 5.56 Å². The number of carbonyl (C=O) groups excluding carboxylic acids is 1. The number of benzene rings is 1. The van der Waals surface area contributed by atoms with Crippen LogP contribution in [0.2, 0.25) is 0 Å². The molecule has 0 bridgehead atoms. The minimum atomic E-state index is -1.05. The molecule has 1 amide bonds. The van der Waals surface area contributed by atoms with Crippen LogP contribution >= 0.6 is 11.3 Å². The maximum atomic E-state index is 14.4. The zero-order valence-corrected chi connectivity index (χ0v) is 24.4. The van der Waals surface area contributed by atoms with Crippen LogP contribution in [0.25, 0.3) is 15.2 Å². The molecule has 1 fully saturated rings. The van der Waals surface area contributed by atoms with Crippen molar-refractivity contribution in [1.82, 2.24) is 23.8 Å². The van der Waals surface area contributed by atoms with Crippen molar-refractivity contribution < 1.29 is 18.7 Å². The van der Waals surface area contributed by atoms with Crippen LogP contribution in [0.3, 0.4) is 0 Å². The molecule has 0 aliphatic carbocycles. The van der Waals surface area contributed by atoms with Crippen molar-refractivity contribution in [3.8, 4) is 16.8 Å². The van der Waals surface area contributed by atoms with Crippen LogP contribution in [0.4, 0.5) is 4.39 Å². The lowest BCUT2D eigenvalue weighted by Crippen LogP contribution is -2.47. The Balaban J connectivity index is 1.73. The molecule has 3 aromatic heterocycles. The fourth-order valence-corrected chi connectivity index (χ4v) is 6.63. The molecule has 13 heteroatoms. The van der Waals surface area contributed by atoms with Gasteiger partial charge in [0.1, 0.15) is 33.5 Å². The topological polar surface area (TPSA) is 124 Å². The average Bonchev–Trinajstić information content (AvgIpc) is 3.76. The first-order valence-corrected chi connectivity index (χ1v) is 14.5. The van der Waals surface area contributed by atoms with Crippen LogP contribution in [0.1, 0.15) is 49.5 Å². The molecule has 1 aliphatic heterocycles. The Bertz CT molecular complexity index is 1760. The summed E-state index contributed by atoms with van der Waals surface area (Å²) < 4.78 is 30.0. The second-order valence-electron chi connectivity index (χ2n) is 10.1. The number of hydrogen-bond donors (Lipinski definition) is 0. The normalized spacial score (nSPS) is 14.7. The largest absolute Gasteiger partial charge is 0.496 e. The van der Waals surface area contributed by atoms with Gasteiger partial charge in [-0.2, -0.15) is 10.4 Å². The molecule has 42 heavy (non-hydrogen) atoms. The lowest BCUT2D eigenvalue weighted by molar-refractivity contribution is -0.133. The molecule has 0 spiro atoms. The van der Waals surface area contributed by atoms with Crippen LogP contribution in [-0.2, 0) is 16.1 Å². The fraction of sp³-hybridized carbons (Fsp3) is 0.414. The summed E-state index contributed by atoms with van der Waals surface area (Å²) in [7, 11) is 1.44. The number of nitriles is 1. The average molecular weight is 595 g/mol. The lowest BCUT2D eigenvalue weighted by atomic mass is 10.1. The molecular weight excluding hydrogens is 563 g/mol. The highest BCUT2D eigenvalue weighted by Crippen LogP contribution is 2.34. The van der Waals surface area contributed by atoms with Crippen molar-refractivity contribution in [2.24, 2.45) is 0 Å². The van der Waals surface area contributed by atoms with Crippen molar-refractivity contribution in [1.29, 1.82) is 5.26 Å². The molecule has 0 N–H and O–H groups in total. The Morgan fingerprint density at radius 1 is 1.26 bits per heavy atom. The number of aromatic nitrogens is 4. The van der Waals surface area contributed by atoms with Crippen LogP contribution in [-0.4, -0.2) is 56.5 Å². The first-order chi connectivity index (χ1) is 20.3. The predicted molar refractivity (Wildman–Crippen MR) is 155 cm³/mol. The maximum absolute atomic E-state index is 14.4. The fourth-order valence-electron chi connectivity index (χ4n) is 5.39. The monoisotopic (exact) mass is 594 g/mol. The summed E-state index contributed by atoms with van der Waals surface area (Å²) in [4.78, 5) is 43.7. The first kappa shape index (κ1) is 29.2. The minimum Gasteiger partial charge on any atom is -0.496 e. The van der Waals surface area contributed by atoms with E-state index in [0.717, 1.165) is 17.4 Å². The first-order valence-electron chi connectivity index (χ1n) is 13.7. The molecule has 11 nitrogen and oxygen atoms in total. The van der Waals surface area contributed by atoms with Gasteiger partial charge in [0.15, 0.2) is 0 Å². The van der Waals surface area contributed by atoms with E-state index in [1.807, 2.05) is 6.07 Å². The zero-order chi connectivity index (χ0) is 30.0. The van der Waals surface area contributed by atoms with Gasteiger partial charge in [-0.1, -0.05) is 11.3 Å². The van der Waals surface area contributed by atoms with Gasteiger partial charge in [0, 0.05) is 36.6 Å². The number of likely N-dealkylation sites (tertiary alicyclic amines) is 1. The molecular formula is C29H31FN6O5S. The van der Waals surface area contributed by atoms with E-state index in [-0.39, 0.29) is 30.9 Å². The number of ether oxygens (including phenoxy) is 2. The van der Waals surface area contributed by atoms with E-state index in [2.05, 4.69) is 5.10 Å². The molecule has 0 saturated carbocycles. The standard InChI is InChI=1S/C29H31FN6O5S/c1-18-24-26(38)36(19(2)25(37)33-12-4-5-13-33)29(39)34(28(24)42-27(18)35-14-7-11-32-35)17-23(41-15-6-10-31)21-16-20(30)8-9-22(21)40-3/h7-9,11,14,16,19,23H,4-6,12-13,15,17H2,1-3H3/t19-,23+/m1/s1. The second-order valence-corrected chi connectivity index (χ2v) is 11.1. The third-order valence-corrected chi connectivity index (χ3v) is 8.82. The van der Waals surface area contributed by atoms with E-state index >= 15 is 0 Å². The Morgan fingerprint density at radius 2 is 2.02 bits per heavy atom. The van der Waals surface area contributed by atoms with Gasteiger partial charge in [-0.3, -0.25) is 14.2 Å². The van der Waals surface area contributed by atoms with Crippen LogP contribution < -0.4 is 16.0 Å². The third-order valence-electron chi connectivity index (χ3n) is 7.51. The summed E-state index contributed by atoms with van der Waals surface area (Å²) in [6.45, 7) is 4.37. The van der Waals surface area contributed by atoms with E-state index in [1.165, 1.54) is 41.2 Å². The van der Waals surface area contributed by atoms with Gasteiger partial charge in [0.2, 0.25) is 5.91 Å². The second kappa shape index (κ2) is 12.3. The van der Waals surface area contributed by atoms with E-state index in [1.54, 1.807) is 41.9 Å². The van der Waals surface area contributed by atoms with Gasteiger partial charge < -0.3 is 14.4 Å². The highest BCUT2D eigenvalue weighted by atomic mass is 32.1. The van der Waals surface area contributed by atoms with E-state index < -0.39 is 29.2 Å². The molecule has 1 aliphatic rings. The van der Waals surface area contributed by atoms with Gasteiger partial charge in [0.05, 0.1) is 38.1 Å². The Kier molecular flexibility index (Phi) is 8.56. The van der Waals surface area contributed by atoms with Crippen molar-refractivity contribution in [3.63, 3.8) is 0 Å². The molecule has 0 unspecified atom stereocenters. The summed E-state index contributed by atoms with van der Waals surface area (Å²) in [5.74, 6) is -0.487. The maximum Gasteiger partial charge on any atom is 0.332 e. The number of thiophene rings is 1.